The van der Waals surface area contributed by atoms with Gasteiger partial charge in [0, 0.05) is 6.20 Å². The lowest BCUT2D eigenvalue weighted by atomic mass is 10.0. The zero-order valence-corrected chi connectivity index (χ0v) is 11.1. The van der Waals surface area contributed by atoms with Crippen molar-refractivity contribution in [3.05, 3.63) is 27.5 Å². The van der Waals surface area contributed by atoms with Crippen LogP contribution in [0.2, 0.25) is 0 Å². The molecule has 17 heavy (non-hydrogen) atoms. The zero-order chi connectivity index (χ0) is 13.0. The van der Waals surface area contributed by atoms with Gasteiger partial charge in [0.15, 0.2) is 0 Å². The van der Waals surface area contributed by atoms with Gasteiger partial charge in [0.05, 0.1) is 18.6 Å². The third-order valence-electron chi connectivity index (χ3n) is 2.30. The predicted octanol–water partition coefficient (Wildman–Crippen LogP) is 3.20. The number of pyridine rings is 1. The fourth-order valence-corrected chi connectivity index (χ4v) is 2.00. The molecule has 0 saturated heterocycles. The Morgan fingerprint density at radius 1 is 1.59 bits per heavy atom. The third kappa shape index (κ3) is 3.46. The van der Waals surface area contributed by atoms with Gasteiger partial charge in [-0.15, -0.1) is 0 Å². The van der Waals surface area contributed by atoms with Gasteiger partial charge in [-0.2, -0.15) is 0 Å². The Morgan fingerprint density at radius 3 is 2.76 bits per heavy atom. The highest BCUT2D eigenvalue weighted by Gasteiger charge is 2.19. The first kappa shape index (κ1) is 14.0. The molecule has 1 rings (SSSR count). The van der Waals surface area contributed by atoms with Crippen molar-refractivity contribution in [1.82, 2.24) is 4.98 Å². The Bertz CT molecular complexity index is 424. The van der Waals surface area contributed by atoms with Crippen LogP contribution < -0.4 is 0 Å². The number of hydrogen-bond donors (Lipinski definition) is 0. The molecule has 0 aliphatic carbocycles. The molecule has 1 aromatic rings. The van der Waals surface area contributed by atoms with Crippen LogP contribution in [-0.4, -0.2) is 17.6 Å². The molecule has 0 fully saturated rings. The first-order chi connectivity index (χ1) is 7.97. The standard InChI is InChI=1S/C11H12BrF2NO2/c1-3-17-8(16)4-7-5-15-10(12)9(6(7)2)11(13)14/h5,11H,3-4H2,1-2H3. The molecule has 0 bridgehead atoms. The van der Waals surface area contributed by atoms with Gasteiger partial charge in [-0.1, -0.05) is 0 Å². The van der Waals surface area contributed by atoms with Crippen molar-refractivity contribution in [2.24, 2.45) is 0 Å². The van der Waals surface area contributed by atoms with Crippen LogP contribution in [0.4, 0.5) is 8.78 Å². The number of ether oxygens (including phenoxy) is 1. The largest absolute Gasteiger partial charge is 0.466 e. The summed E-state index contributed by atoms with van der Waals surface area (Å²) >= 11 is 2.97. The maximum Gasteiger partial charge on any atom is 0.310 e. The number of carbonyl (C=O) groups excluding carboxylic acids is 1. The average Bonchev–Trinajstić information content (AvgIpc) is 2.22. The highest BCUT2D eigenvalue weighted by atomic mass is 79.9. The highest BCUT2D eigenvalue weighted by Crippen LogP contribution is 2.30. The van der Waals surface area contributed by atoms with Gasteiger partial charge in [0.2, 0.25) is 0 Å². The van der Waals surface area contributed by atoms with E-state index in [4.69, 9.17) is 4.74 Å². The Morgan fingerprint density at radius 2 is 2.24 bits per heavy atom. The van der Waals surface area contributed by atoms with Crippen LogP contribution >= 0.6 is 15.9 Å². The highest BCUT2D eigenvalue weighted by molar-refractivity contribution is 9.10. The first-order valence-electron chi connectivity index (χ1n) is 5.05. The number of rotatable bonds is 4. The summed E-state index contributed by atoms with van der Waals surface area (Å²) < 4.78 is 30.4. The zero-order valence-electron chi connectivity index (χ0n) is 9.47. The van der Waals surface area contributed by atoms with E-state index < -0.39 is 12.4 Å². The van der Waals surface area contributed by atoms with E-state index in [-0.39, 0.29) is 23.2 Å². The molecule has 0 spiro atoms. The van der Waals surface area contributed by atoms with Gasteiger partial charge in [0.1, 0.15) is 4.60 Å². The molecular formula is C11H12BrF2NO2. The van der Waals surface area contributed by atoms with Crippen LogP contribution in [0.15, 0.2) is 10.8 Å². The topological polar surface area (TPSA) is 39.2 Å². The van der Waals surface area contributed by atoms with Crippen LogP contribution in [0.3, 0.4) is 0 Å². The molecule has 1 heterocycles. The quantitative estimate of drug-likeness (QED) is 0.633. The molecular weight excluding hydrogens is 296 g/mol. The van der Waals surface area contributed by atoms with Crippen molar-refractivity contribution in [2.45, 2.75) is 26.7 Å². The van der Waals surface area contributed by atoms with Gasteiger partial charge in [-0.3, -0.25) is 4.79 Å². The molecule has 0 N–H and O–H groups in total. The van der Waals surface area contributed by atoms with Crippen LogP contribution in [0.5, 0.6) is 0 Å². The van der Waals surface area contributed by atoms with Gasteiger partial charge in [0.25, 0.3) is 6.43 Å². The molecule has 0 saturated carbocycles. The van der Waals surface area contributed by atoms with E-state index >= 15 is 0 Å². The molecule has 94 valence electrons. The minimum atomic E-state index is -2.63. The Balaban J connectivity index is 3.02. The molecule has 0 amide bonds. The van der Waals surface area contributed by atoms with Crippen molar-refractivity contribution in [2.75, 3.05) is 6.61 Å². The number of hydrogen-bond acceptors (Lipinski definition) is 3. The van der Waals surface area contributed by atoms with E-state index in [0.717, 1.165) is 0 Å². The van der Waals surface area contributed by atoms with Crippen LogP contribution in [-0.2, 0) is 16.0 Å². The lowest BCUT2D eigenvalue weighted by molar-refractivity contribution is -0.142. The lowest BCUT2D eigenvalue weighted by Crippen LogP contribution is -2.10. The maximum atomic E-state index is 12.8. The molecule has 0 atom stereocenters. The molecule has 6 heteroatoms. The number of carbonyl (C=O) groups is 1. The summed E-state index contributed by atoms with van der Waals surface area (Å²) in [5.74, 6) is -0.445. The van der Waals surface area contributed by atoms with E-state index in [1.54, 1.807) is 13.8 Å². The van der Waals surface area contributed by atoms with E-state index in [9.17, 15) is 13.6 Å². The summed E-state index contributed by atoms with van der Waals surface area (Å²) in [5.41, 5.74) is 0.656. The summed E-state index contributed by atoms with van der Waals surface area (Å²) in [6, 6.07) is 0. The monoisotopic (exact) mass is 307 g/mol. The fourth-order valence-electron chi connectivity index (χ4n) is 1.43. The normalized spacial score (nSPS) is 10.7. The summed E-state index contributed by atoms with van der Waals surface area (Å²) in [5, 5.41) is 0. The molecule has 3 nitrogen and oxygen atoms in total. The number of alkyl halides is 2. The van der Waals surface area contributed by atoms with Crippen molar-refractivity contribution < 1.29 is 18.3 Å². The first-order valence-corrected chi connectivity index (χ1v) is 5.84. The Hall–Kier alpha value is -1.04. The van der Waals surface area contributed by atoms with E-state index in [1.807, 2.05) is 0 Å². The maximum absolute atomic E-state index is 12.8. The number of nitrogens with zero attached hydrogens (tertiary/aromatic N) is 1. The minimum Gasteiger partial charge on any atom is -0.466 e. The molecule has 0 aromatic carbocycles. The van der Waals surface area contributed by atoms with Crippen molar-refractivity contribution >= 4 is 21.9 Å². The second-order valence-electron chi connectivity index (χ2n) is 3.40. The minimum absolute atomic E-state index is 0.0420. The second-order valence-corrected chi connectivity index (χ2v) is 4.15. The Labute approximate surface area is 106 Å². The van der Waals surface area contributed by atoms with E-state index in [2.05, 4.69) is 20.9 Å². The van der Waals surface area contributed by atoms with Crippen molar-refractivity contribution in [1.29, 1.82) is 0 Å². The van der Waals surface area contributed by atoms with Gasteiger partial charge >= 0.3 is 5.97 Å². The van der Waals surface area contributed by atoms with Gasteiger partial charge in [-0.25, -0.2) is 13.8 Å². The van der Waals surface area contributed by atoms with Crippen LogP contribution in [0.1, 0.15) is 30.0 Å². The van der Waals surface area contributed by atoms with Crippen molar-refractivity contribution in [3.8, 4) is 0 Å². The fraction of sp³-hybridized carbons (Fsp3) is 0.455. The number of esters is 1. The molecule has 0 unspecified atom stereocenters. The SMILES string of the molecule is CCOC(=O)Cc1cnc(Br)c(C(F)F)c1C. The summed E-state index contributed by atoms with van der Waals surface area (Å²) in [4.78, 5) is 15.1. The van der Waals surface area contributed by atoms with Gasteiger partial charge in [-0.05, 0) is 40.9 Å². The molecule has 0 aliphatic rings. The summed E-state index contributed by atoms with van der Waals surface area (Å²) in [6.45, 7) is 3.50. The van der Waals surface area contributed by atoms with Crippen LogP contribution in [0.25, 0.3) is 0 Å². The van der Waals surface area contributed by atoms with E-state index in [0.29, 0.717) is 11.1 Å². The van der Waals surface area contributed by atoms with Crippen LogP contribution in [0, 0.1) is 6.92 Å². The van der Waals surface area contributed by atoms with Crippen molar-refractivity contribution in [3.63, 3.8) is 0 Å². The molecule has 0 aliphatic heterocycles. The number of aromatic nitrogens is 1. The summed E-state index contributed by atoms with van der Waals surface area (Å²) in [7, 11) is 0. The smallest absolute Gasteiger partial charge is 0.310 e. The second kappa shape index (κ2) is 6.05. The summed E-state index contributed by atoms with van der Waals surface area (Å²) in [6.07, 6.45) is -1.26. The molecule has 0 radical (unpaired) electrons. The van der Waals surface area contributed by atoms with E-state index in [1.165, 1.54) is 6.20 Å². The number of halogens is 3. The Kier molecular flexibility index (Phi) is 4.99. The third-order valence-corrected chi connectivity index (χ3v) is 2.93. The lowest BCUT2D eigenvalue weighted by Gasteiger charge is -2.11. The molecule has 1 aromatic heterocycles. The average molecular weight is 308 g/mol. The van der Waals surface area contributed by atoms with Gasteiger partial charge < -0.3 is 4.74 Å². The predicted molar refractivity (Wildman–Crippen MR) is 62.0 cm³/mol.